The van der Waals surface area contributed by atoms with Crippen LogP contribution in [0.4, 0.5) is 0 Å². The van der Waals surface area contributed by atoms with Crippen molar-refractivity contribution in [3.63, 3.8) is 0 Å². The molecule has 0 saturated carbocycles. The topological polar surface area (TPSA) is 54.4 Å². The molecule has 0 spiro atoms. The maximum absolute atomic E-state index is 11.2. The number of halogens is 1. The van der Waals surface area contributed by atoms with Crippen LogP contribution in [0.3, 0.4) is 0 Å². The fraction of sp³-hybridized carbons (Fsp3) is 0.400. The second-order valence-corrected chi connectivity index (χ2v) is 6.92. The zero-order valence-electron chi connectivity index (χ0n) is 8.51. The standard InChI is InChI=1S/C10H13BrO3S/c1-7(11)10(12)8-3-5-9(6-4-8)15(2,13)14/h3-7,10,12H,1-2H3. The van der Waals surface area contributed by atoms with E-state index in [2.05, 4.69) is 15.9 Å². The van der Waals surface area contributed by atoms with E-state index in [1.165, 1.54) is 12.1 Å². The van der Waals surface area contributed by atoms with Gasteiger partial charge in [0.05, 0.1) is 11.0 Å². The Bertz CT molecular complexity index is 422. The van der Waals surface area contributed by atoms with E-state index in [1.807, 2.05) is 6.92 Å². The van der Waals surface area contributed by atoms with Crippen LogP contribution in [-0.4, -0.2) is 24.6 Å². The molecule has 3 nitrogen and oxygen atoms in total. The Balaban J connectivity index is 3.01. The summed E-state index contributed by atoms with van der Waals surface area (Å²) in [5.74, 6) is 0. The molecule has 15 heavy (non-hydrogen) atoms. The van der Waals surface area contributed by atoms with Gasteiger partial charge in [-0.2, -0.15) is 0 Å². The monoisotopic (exact) mass is 292 g/mol. The molecule has 0 saturated heterocycles. The minimum absolute atomic E-state index is 0.0680. The third-order valence-corrected chi connectivity index (χ3v) is 3.71. The summed E-state index contributed by atoms with van der Waals surface area (Å²) in [4.78, 5) is 0.197. The molecule has 0 fully saturated rings. The van der Waals surface area contributed by atoms with Gasteiger partial charge >= 0.3 is 0 Å². The van der Waals surface area contributed by atoms with Crippen LogP contribution >= 0.6 is 15.9 Å². The highest BCUT2D eigenvalue weighted by atomic mass is 79.9. The third kappa shape index (κ3) is 3.29. The number of aliphatic hydroxyl groups excluding tert-OH is 1. The van der Waals surface area contributed by atoms with E-state index in [4.69, 9.17) is 0 Å². The first-order valence-electron chi connectivity index (χ1n) is 4.44. The average Bonchev–Trinajstić information content (AvgIpc) is 2.15. The van der Waals surface area contributed by atoms with E-state index in [-0.39, 0.29) is 9.72 Å². The van der Waals surface area contributed by atoms with Crippen molar-refractivity contribution in [1.29, 1.82) is 0 Å². The molecule has 1 aromatic carbocycles. The molecule has 0 aromatic heterocycles. The first-order chi connectivity index (χ1) is 6.82. The molecule has 0 radical (unpaired) electrons. The molecule has 2 unspecified atom stereocenters. The van der Waals surface area contributed by atoms with E-state index in [0.717, 1.165) is 6.26 Å². The summed E-state index contributed by atoms with van der Waals surface area (Å²) in [5.41, 5.74) is 0.701. The van der Waals surface area contributed by atoms with Crippen LogP contribution in [0.2, 0.25) is 0 Å². The molecule has 0 aliphatic heterocycles. The van der Waals surface area contributed by atoms with Gasteiger partial charge in [0.2, 0.25) is 0 Å². The molecular formula is C10H13BrO3S. The van der Waals surface area contributed by atoms with Gasteiger partial charge in [0.15, 0.2) is 9.84 Å². The van der Waals surface area contributed by atoms with Crippen molar-refractivity contribution < 1.29 is 13.5 Å². The van der Waals surface area contributed by atoms with E-state index in [1.54, 1.807) is 12.1 Å². The van der Waals surface area contributed by atoms with E-state index < -0.39 is 15.9 Å². The molecule has 5 heteroatoms. The lowest BCUT2D eigenvalue weighted by Gasteiger charge is -2.13. The Kier molecular flexibility index (Phi) is 3.92. The van der Waals surface area contributed by atoms with Crippen molar-refractivity contribution >= 4 is 25.8 Å². The van der Waals surface area contributed by atoms with Crippen molar-refractivity contribution in [1.82, 2.24) is 0 Å². The predicted octanol–water partition coefficient (Wildman–Crippen LogP) is 1.91. The van der Waals surface area contributed by atoms with Crippen molar-refractivity contribution in [3.05, 3.63) is 29.8 Å². The maximum atomic E-state index is 11.2. The van der Waals surface area contributed by atoms with Crippen LogP contribution < -0.4 is 0 Å². The normalized spacial score (nSPS) is 16.0. The van der Waals surface area contributed by atoms with Gasteiger partial charge in [0, 0.05) is 11.1 Å². The lowest BCUT2D eigenvalue weighted by atomic mass is 10.1. The number of sulfone groups is 1. The van der Waals surface area contributed by atoms with E-state index in [0.29, 0.717) is 5.56 Å². The number of rotatable bonds is 3. The Hall–Kier alpha value is -0.390. The van der Waals surface area contributed by atoms with Gasteiger partial charge in [-0.15, -0.1) is 0 Å². The third-order valence-electron chi connectivity index (χ3n) is 2.08. The molecule has 1 N–H and O–H groups in total. The van der Waals surface area contributed by atoms with E-state index >= 15 is 0 Å². The fourth-order valence-electron chi connectivity index (χ4n) is 1.18. The summed E-state index contributed by atoms with van der Waals surface area (Å²) in [7, 11) is -3.16. The van der Waals surface area contributed by atoms with Gasteiger partial charge in [-0.3, -0.25) is 0 Å². The highest BCUT2D eigenvalue weighted by Crippen LogP contribution is 2.23. The van der Waals surface area contributed by atoms with E-state index in [9.17, 15) is 13.5 Å². The van der Waals surface area contributed by atoms with Crippen molar-refractivity contribution in [2.24, 2.45) is 0 Å². The molecule has 0 heterocycles. The van der Waals surface area contributed by atoms with Crippen LogP contribution in [0.1, 0.15) is 18.6 Å². The van der Waals surface area contributed by atoms with Crippen molar-refractivity contribution in [2.75, 3.05) is 6.26 Å². The molecule has 1 rings (SSSR count). The second-order valence-electron chi connectivity index (χ2n) is 3.46. The smallest absolute Gasteiger partial charge is 0.175 e. The maximum Gasteiger partial charge on any atom is 0.175 e. The highest BCUT2D eigenvalue weighted by Gasteiger charge is 2.14. The first-order valence-corrected chi connectivity index (χ1v) is 7.25. The Morgan fingerprint density at radius 2 is 1.73 bits per heavy atom. The number of hydrogen-bond donors (Lipinski definition) is 1. The van der Waals surface area contributed by atoms with Crippen molar-refractivity contribution in [2.45, 2.75) is 22.8 Å². The molecule has 84 valence electrons. The van der Waals surface area contributed by atoms with Crippen LogP contribution in [-0.2, 0) is 9.84 Å². The summed E-state index contributed by atoms with van der Waals surface area (Å²) >= 11 is 3.27. The highest BCUT2D eigenvalue weighted by molar-refractivity contribution is 9.09. The van der Waals surface area contributed by atoms with Gasteiger partial charge in [0.25, 0.3) is 0 Å². The fourth-order valence-corrected chi connectivity index (χ4v) is 2.11. The molecule has 0 bridgehead atoms. The van der Waals surface area contributed by atoms with Gasteiger partial charge in [-0.1, -0.05) is 28.1 Å². The van der Waals surface area contributed by atoms with Crippen LogP contribution in [0, 0.1) is 0 Å². The minimum Gasteiger partial charge on any atom is -0.387 e. The molecule has 0 aliphatic rings. The van der Waals surface area contributed by atoms with Gasteiger partial charge < -0.3 is 5.11 Å². The Morgan fingerprint density at radius 3 is 2.07 bits per heavy atom. The quantitative estimate of drug-likeness (QED) is 0.866. The summed E-state index contributed by atoms with van der Waals surface area (Å²) in [6.07, 6.45) is 0.532. The molecule has 2 atom stereocenters. The molecular weight excluding hydrogens is 280 g/mol. The lowest BCUT2D eigenvalue weighted by Crippen LogP contribution is -2.08. The second kappa shape index (κ2) is 4.63. The number of hydrogen-bond acceptors (Lipinski definition) is 3. The number of aliphatic hydroxyl groups is 1. The van der Waals surface area contributed by atoms with Crippen LogP contribution in [0.5, 0.6) is 0 Å². The average molecular weight is 293 g/mol. The summed E-state index contributed by atoms with van der Waals surface area (Å²) in [6, 6.07) is 6.25. The summed E-state index contributed by atoms with van der Waals surface area (Å²) in [5, 5.41) is 9.70. The summed E-state index contributed by atoms with van der Waals surface area (Å²) < 4.78 is 22.4. The van der Waals surface area contributed by atoms with Crippen molar-refractivity contribution in [3.8, 4) is 0 Å². The SMILES string of the molecule is CC(Br)C(O)c1ccc(S(C)(=O)=O)cc1. The minimum atomic E-state index is -3.16. The van der Waals surface area contributed by atoms with Gasteiger partial charge in [0.1, 0.15) is 0 Å². The zero-order valence-corrected chi connectivity index (χ0v) is 10.9. The Morgan fingerprint density at radius 1 is 1.27 bits per heavy atom. The Labute approximate surface area is 98.2 Å². The summed E-state index contributed by atoms with van der Waals surface area (Å²) in [6.45, 7) is 1.83. The molecule has 0 amide bonds. The zero-order chi connectivity index (χ0) is 11.6. The largest absolute Gasteiger partial charge is 0.387 e. The number of alkyl halides is 1. The molecule has 1 aromatic rings. The first kappa shape index (κ1) is 12.7. The van der Waals surface area contributed by atoms with Crippen LogP contribution in [0.25, 0.3) is 0 Å². The predicted molar refractivity (Wildman–Crippen MR) is 62.9 cm³/mol. The van der Waals surface area contributed by atoms with Gasteiger partial charge in [-0.25, -0.2) is 8.42 Å². The van der Waals surface area contributed by atoms with Gasteiger partial charge in [-0.05, 0) is 24.6 Å². The lowest BCUT2D eigenvalue weighted by molar-refractivity contribution is 0.181. The number of benzene rings is 1. The molecule has 0 aliphatic carbocycles. The van der Waals surface area contributed by atoms with Crippen LogP contribution in [0.15, 0.2) is 29.2 Å².